The molecule has 1 heterocycles. The molecule has 16 heavy (non-hydrogen) atoms. The van der Waals surface area contributed by atoms with Crippen molar-refractivity contribution in [2.24, 2.45) is 0 Å². The summed E-state index contributed by atoms with van der Waals surface area (Å²) < 4.78 is 0. The SMILES string of the molecule is CCc1ccc(C(=O)c2csc(C)n2)cc1. The zero-order valence-electron chi connectivity index (χ0n) is 9.36. The third-order valence-corrected chi connectivity index (χ3v) is 3.25. The monoisotopic (exact) mass is 231 g/mol. The zero-order valence-corrected chi connectivity index (χ0v) is 10.2. The summed E-state index contributed by atoms with van der Waals surface area (Å²) in [6, 6.07) is 7.73. The van der Waals surface area contributed by atoms with E-state index in [1.54, 1.807) is 0 Å². The summed E-state index contributed by atoms with van der Waals surface area (Å²) in [4.78, 5) is 16.2. The van der Waals surface area contributed by atoms with Crippen LogP contribution in [0.15, 0.2) is 29.6 Å². The highest BCUT2D eigenvalue weighted by atomic mass is 32.1. The van der Waals surface area contributed by atoms with Crippen LogP contribution in [0.4, 0.5) is 0 Å². The lowest BCUT2D eigenvalue weighted by atomic mass is 10.1. The maximum atomic E-state index is 12.0. The summed E-state index contributed by atoms with van der Waals surface area (Å²) in [6.45, 7) is 4.00. The van der Waals surface area contributed by atoms with E-state index in [-0.39, 0.29) is 5.78 Å². The maximum Gasteiger partial charge on any atom is 0.212 e. The summed E-state index contributed by atoms with van der Waals surface area (Å²) in [6.07, 6.45) is 0.990. The van der Waals surface area contributed by atoms with Gasteiger partial charge in [-0.1, -0.05) is 31.2 Å². The summed E-state index contributed by atoms with van der Waals surface area (Å²) in [5.41, 5.74) is 2.50. The predicted molar refractivity (Wildman–Crippen MR) is 66.1 cm³/mol. The molecule has 0 bridgehead atoms. The minimum atomic E-state index is 0.00648. The molecule has 0 saturated heterocycles. The van der Waals surface area contributed by atoms with Crippen molar-refractivity contribution in [3.8, 4) is 0 Å². The van der Waals surface area contributed by atoms with E-state index < -0.39 is 0 Å². The average Bonchev–Trinajstić information content (AvgIpc) is 2.75. The third kappa shape index (κ3) is 2.19. The van der Waals surface area contributed by atoms with Gasteiger partial charge in [0.25, 0.3) is 0 Å². The first-order valence-corrected chi connectivity index (χ1v) is 6.14. The molecule has 0 aliphatic rings. The van der Waals surface area contributed by atoms with E-state index in [4.69, 9.17) is 0 Å². The van der Waals surface area contributed by atoms with Crippen molar-refractivity contribution in [1.29, 1.82) is 0 Å². The first-order valence-electron chi connectivity index (χ1n) is 5.26. The second-order valence-corrected chi connectivity index (χ2v) is 4.69. The molecule has 0 radical (unpaired) electrons. The van der Waals surface area contributed by atoms with Crippen LogP contribution in [0.3, 0.4) is 0 Å². The largest absolute Gasteiger partial charge is 0.287 e. The number of thiazole rings is 1. The highest BCUT2D eigenvalue weighted by Gasteiger charge is 2.11. The van der Waals surface area contributed by atoms with Gasteiger partial charge in [0.05, 0.1) is 5.01 Å². The quantitative estimate of drug-likeness (QED) is 0.759. The highest BCUT2D eigenvalue weighted by molar-refractivity contribution is 7.09. The fraction of sp³-hybridized carbons (Fsp3) is 0.231. The van der Waals surface area contributed by atoms with Gasteiger partial charge in [0.15, 0.2) is 0 Å². The van der Waals surface area contributed by atoms with Crippen molar-refractivity contribution in [3.05, 3.63) is 51.5 Å². The highest BCUT2D eigenvalue weighted by Crippen LogP contribution is 2.14. The molecule has 0 aliphatic heterocycles. The second kappa shape index (κ2) is 4.58. The average molecular weight is 231 g/mol. The number of hydrogen-bond donors (Lipinski definition) is 0. The van der Waals surface area contributed by atoms with Crippen LogP contribution in [0.25, 0.3) is 0 Å². The molecular weight excluding hydrogens is 218 g/mol. The lowest BCUT2D eigenvalue weighted by Gasteiger charge is -1.99. The Kier molecular flexibility index (Phi) is 3.15. The fourth-order valence-electron chi connectivity index (χ4n) is 1.51. The number of benzene rings is 1. The molecule has 0 N–H and O–H groups in total. The molecule has 1 aromatic heterocycles. The lowest BCUT2D eigenvalue weighted by Crippen LogP contribution is -2.01. The molecule has 0 atom stereocenters. The van der Waals surface area contributed by atoms with E-state index in [0.29, 0.717) is 11.3 Å². The summed E-state index contributed by atoms with van der Waals surface area (Å²) in [5.74, 6) is 0.00648. The fourth-order valence-corrected chi connectivity index (χ4v) is 2.10. The topological polar surface area (TPSA) is 30.0 Å². The maximum absolute atomic E-state index is 12.0. The first kappa shape index (κ1) is 11.0. The van der Waals surface area contributed by atoms with E-state index in [9.17, 15) is 4.79 Å². The Balaban J connectivity index is 2.27. The smallest absolute Gasteiger partial charge is 0.212 e. The standard InChI is InChI=1S/C13H13NOS/c1-3-10-4-6-11(7-5-10)13(15)12-8-16-9(2)14-12/h4-8H,3H2,1-2H3. The van der Waals surface area contributed by atoms with Crippen molar-refractivity contribution < 1.29 is 4.79 Å². The Morgan fingerprint density at radius 2 is 2.00 bits per heavy atom. The molecule has 0 aliphatic carbocycles. The number of ketones is 1. The molecule has 2 rings (SSSR count). The Hall–Kier alpha value is -1.48. The molecule has 0 unspecified atom stereocenters. The van der Waals surface area contributed by atoms with Gasteiger partial charge < -0.3 is 0 Å². The summed E-state index contributed by atoms with van der Waals surface area (Å²) in [7, 11) is 0. The van der Waals surface area contributed by atoms with Crippen LogP contribution in [0.2, 0.25) is 0 Å². The minimum Gasteiger partial charge on any atom is -0.287 e. The van der Waals surface area contributed by atoms with Crippen LogP contribution < -0.4 is 0 Å². The van der Waals surface area contributed by atoms with E-state index in [1.807, 2.05) is 36.6 Å². The van der Waals surface area contributed by atoms with Crippen LogP contribution >= 0.6 is 11.3 Å². The number of nitrogens with zero attached hydrogens (tertiary/aromatic N) is 1. The van der Waals surface area contributed by atoms with Gasteiger partial charge in [0.2, 0.25) is 5.78 Å². The first-order chi connectivity index (χ1) is 7.70. The Bertz CT molecular complexity index is 499. The number of aromatic nitrogens is 1. The number of aryl methyl sites for hydroxylation is 2. The van der Waals surface area contributed by atoms with Gasteiger partial charge in [0, 0.05) is 10.9 Å². The molecule has 82 valence electrons. The normalized spacial score (nSPS) is 10.4. The predicted octanol–water partition coefficient (Wildman–Crippen LogP) is 3.24. The van der Waals surface area contributed by atoms with Gasteiger partial charge in [0.1, 0.15) is 5.69 Å². The molecule has 0 fully saturated rings. The minimum absolute atomic E-state index is 0.00648. The number of carbonyl (C=O) groups is 1. The zero-order chi connectivity index (χ0) is 11.5. The number of rotatable bonds is 3. The molecule has 0 saturated carbocycles. The Morgan fingerprint density at radius 3 is 2.50 bits per heavy atom. The molecule has 2 aromatic rings. The molecular formula is C13H13NOS. The van der Waals surface area contributed by atoms with Crippen molar-refractivity contribution in [2.45, 2.75) is 20.3 Å². The number of hydrogen-bond acceptors (Lipinski definition) is 3. The molecule has 0 spiro atoms. The summed E-state index contributed by atoms with van der Waals surface area (Å²) in [5, 5.41) is 2.74. The van der Waals surface area contributed by atoms with Crippen molar-refractivity contribution in [2.75, 3.05) is 0 Å². The van der Waals surface area contributed by atoms with Gasteiger partial charge in [-0.15, -0.1) is 11.3 Å². The molecule has 0 amide bonds. The van der Waals surface area contributed by atoms with Gasteiger partial charge in [-0.25, -0.2) is 4.98 Å². The lowest BCUT2D eigenvalue weighted by molar-refractivity contribution is 0.103. The molecule has 2 nitrogen and oxygen atoms in total. The second-order valence-electron chi connectivity index (χ2n) is 3.63. The van der Waals surface area contributed by atoms with Crippen LogP contribution in [0.1, 0.15) is 33.5 Å². The van der Waals surface area contributed by atoms with Crippen LogP contribution in [-0.2, 0) is 6.42 Å². The van der Waals surface area contributed by atoms with Gasteiger partial charge >= 0.3 is 0 Å². The number of carbonyl (C=O) groups excluding carboxylic acids is 1. The van der Waals surface area contributed by atoms with Crippen LogP contribution in [0, 0.1) is 6.92 Å². The van der Waals surface area contributed by atoms with Crippen LogP contribution in [0.5, 0.6) is 0 Å². The van der Waals surface area contributed by atoms with Crippen molar-refractivity contribution in [1.82, 2.24) is 4.98 Å². The van der Waals surface area contributed by atoms with E-state index >= 15 is 0 Å². The third-order valence-electron chi connectivity index (χ3n) is 2.48. The van der Waals surface area contributed by atoms with E-state index in [2.05, 4.69) is 11.9 Å². The molecule has 3 heteroatoms. The van der Waals surface area contributed by atoms with Gasteiger partial charge in [-0.3, -0.25) is 4.79 Å². The van der Waals surface area contributed by atoms with Gasteiger partial charge in [-0.2, -0.15) is 0 Å². The summed E-state index contributed by atoms with van der Waals surface area (Å²) >= 11 is 1.50. The van der Waals surface area contributed by atoms with Crippen molar-refractivity contribution in [3.63, 3.8) is 0 Å². The Morgan fingerprint density at radius 1 is 1.31 bits per heavy atom. The van der Waals surface area contributed by atoms with Gasteiger partial charge in [-0.05, 0) is 18.9 Å². The Labute approximate surface area is 99.0 Å². The van der Waals surface area contributed by atoms with Crippen LogP contribution in [-0.4, -0.2) is 10.8 Å². The van der Waals surface area contributed by atoms with E-state index in [0.717, 1.165) is 11.4 Å². The molecule has 1 aromatic carbocycles. The van der Waals surface area contributed by atoms with E-state index in [1.165, 1.54) is 16.9 Å². The van der Waals surface area contributed by atoms with Crippen molar-refractivity contribution >= 4 is 17.1 Å².